The summed E-state index contributed by atoms with van der Waals surface area (Å²) < 4.78 is 35.4. The van der Waals surface area contributed by atoms with Crippen LogP contribution in [0.2, 0.25) is 10.0 Å². The van der Waals surface area contributed by atoms with E-state index < -0.39 is 28.5 Å². The molecule has 1 aliphatic carbocycles. The molecule has 236 valence electrons. The molecular formula is C32H36BrCl2N3O5S. The average molecular weight is 726 g/mol. The van der Waals surface area contributed by atoms with Crippen molar-refractivity contribution in [2.75, 3.05) is 17.5 Å². The summed E-state index contributed by atoms with van der Waals surface area (Å²) in [4.78, 5) is 29.1. The summed E-state index contributed by atoms with van der Waals surface area (Å²) in [5.41, 5.74) is 0.727. The SMILES string of the molecule is CCOc1ccc(N(CC(=O)N(Cc2c(Cl)cccc2Cl)C(C)C(=O)NC2CCCCC2)S(=O)(=O)c2ccc(Br)cc2)cc1. The van der Waals surface area contributed by atoms with Gasteiger partial charge < -0.3 is 15.0 Å². The van der Waals surface area contributed by atoms with Gasteiger partial charge in [-0.05, 0) is 87.4 Å². The van der Waals surface area contributed by atoms with E-state index in [9.17, 15) is 18.0 Å². The molecule has 0 aliphatic heterocycles. The van der Waals surface area contributed by atoms with E-state index in [0.717, 1.165) is 36.4 Å². The number of halogens is 3. The van der Waals surface area contributed by atoms with E-state index in [2.05, 4.69) is 21.2 Å². The summed E-state index contributed by atoms with van der Waals surface area (Å²) in [6, 6.07) is 16.7. The molecule has 1 atom stereocenters. The maximum Gasteiger partial charge on any atom is 0.264 e. The molecule has 4 rings (SSSR count). The fourth-order valence-corrected chi connectivity index (χ4v) is 7.34. The smallest absolute Gasteiger partial charge is 0.264 e. The molecule has 1 fully saturated rings. The van der Waals surface area contributed by atoms with E-state index >= 15 is 0 Å². The molecule has 12 heteroatoms. The Bertz CT molecular complexity index is 1530. The third-order valence-electron chi connectivity index (χ3n) is 7.63. The first-order valence-electron chi connectivity index (χ1n) is 14.5. The van der Waals surface area contributed by atoms with Gasteiger partial charge in [0.1, 0.15) is 18.3 Å². The van der Waals surface area contributed by atoms with Gasteiger partial charge in [-0.1, -0.05) is 64.5 Å². The fourth-order valence-electron chi connectivity index (χ4n) is 5.14. The van der Waals surface area contributed by atoms with E-state index in [1.807, 2.05) is 6.92 Å². The number of sulfonamides is 1. The first kappa shape index (κ1) is 34.1. The predicted octanol–water partition coefficient (Wildman–Crippen LogP) is 7.22. The van der Waals surface area contributed by atoms with Crippen LogP contribution in [0.25, 0.3) is 0 Å². The van der Waals surface area contributed by atoms with Crippen LogP contribution >= 0.6 is 39.1 Å². The van der Waals surface area contributed by atoms with Gasteiger partial charge >= 0.3 is 0 Å². The van der Waals surface area contributed by atoms with Crippen molar-refractivity contribution >= 4 is 66.7 Å². The lowest BCUT2D eigenvalue weighted by molar-refractivity contribution is -0.139. The number of benzene rings is 3. The minimum Gasteiger partial charge on any atom is -0.494 e. The molecule has 1 unspecified atom stereocenters. The number of ether oxygens (including phenoxy) is 1. The van der Waals surface area contributed by atoms with Crippen molar-refractivity contribution in [3.05, 3.63) is 86.8 Å². The summed E-state index contributed by atoms with van der Waals surface area (Å²) in [6.45, 7) is 3.26. The highest BCUT2D eigenvalue weighted by Crippen LogP contribution is 2.30. The van der Waals surface area contributed by atoms with Crippen LogP contribution in [-0.4, -0.2) is 50.4 Å². The summed E-state index contributed by atoms with van der Waals surface area (Å²) >= 11 is 16.3. The monoisotopic (exact) mass is 723 g/mol. The summed E-state index contributed by atoms with van der Waals surface area (Å²) in [5.74, 6) is -0.356. The summed E-state index contributed by atoms with van der Waals surface area (Å²) in [6.07, 6.45) is 4.94. The number of hydrogen-bond donors (Lipinski definition) is 1. The lowest BCUT2D eigenvalue weighted by Gasteiger charge is -2.33. The Morgan fingerprint density at radius 1 is 0.977 bits per heavy atom. The molecule has 3 aromatic rings. The van der Waals surface area contributed by atoms with Gasteiger partial charge in [-0.25, -0.2) is 8.42 Å². The second-order valence-electron chi connectivity index (χ2n) is 10.6. The molecule has 1 saturated carbocycles. The van der Waals surface area contributed by atoms with Crippen LogP contribution in [0.15, 0.2) is 76.1 Å². The molecule has 1 aliphatic rings. The Kier molecular flexibility index (Phi) is 12.0. The topological polar surface area (TPSA) is 96.0 Å². The minimum atomic E-state index is -4.21. The van der Waals surface area contributed by atoms with Crippen LogP contribution in [0, 0.1) is 0 Å². The van der Waals surface area contributed by atoms with E-state index in [4.69, 9.17) is 27.9 Å². The van der Waals surface area contributed by atoms with Crippen LogP contribution in [0.4, 0.5) is 5.69 Å². The normalized spacial score (nSPS) is 14.5. The third kappa shape index (κ3) is 8.47. The van der Waals surface area contributed by atoms with Crippen molar-refractivity contribution in [3.63, 3.8) is 0 Å². The maximum atomic E-state index is 14.2. The zero-order valence-corrected chi connectivity index (χ0v) is 28.6. The summed E-state index contributed by atoms with van der Waals surface area (Å²) in [7, 11) is -4.21. The molecule has 0 aromatic heterocycles. The largest absolute Gasteiger partial charge is 0.494 e. The molecule has 0 radical (unpaired) electrons. The van der Waals surface area contributed by atoms with E-state index in [-0.39, 0.29) is 29.1 Å². The highest BCUT2D eigenvalue weighted by atomic mass is 79.9. The maximum absolute atomic E-state index is 14.2. The molecule has 0 saturated heterocycles. The first-order chi connectivity index (χ1) is 21.0. The van der Waals surface area contributed by atoms with Gasteiger partial charge in [-0.3, -0.25) is 13.9 Å². The zero-order valence-electron chi connectivity index (χ0n) is 24.6. The van der Waals surface area contributed by atoms with Crippen LogP contribution < -0.4 is 14.4 Å². The molecule has 3 aromatic carbocycles. The first-order valence-corrected chi connectivity index (χ1v) is 17.5. The highest BCUT2D eigenvalue weighted by molar-refractivity contribution is 9.10. The van der Waals surface area contributed by atoms with Gasteiger partial charge in [-0.2, -0.15) is 0 Å². The van der Waals surface area contributed by atoms with Gasteiger partial charge in [0, 0.05) is 32.7 Å². The second kappa shape index (κ2) is 15.5. The number of anilines is 1. The van der Waals surface area contributed by atoms with Crippen LogP contribution in [0.3, 0.4) is 0 Å². The van der Waals surface area contributed by atoms with Gasteiger partial charge in [0.05, 0.1) is 17.2 Å². The van der Waals surface area contributed by atoms with Crippen molar-refractivity contribution in [3.8, 4) is 5.75 Å². The second-order valence-corrected chi connectivity index (χ2v) is 14.2. The number of rotatable bonds is 12. The lowest BCUT2D eigenvalue weighted by Crippen LogP contribution is -2.53. The average Bonchev–Trinajstić information content (AvgIpc) is 3.00. The van der Waals surface area contributed by atoms with Gasteiger partial charge in [0.25, 0.3) is 10.0 Å². The Balaban J connectivity index is 1.71. The number of nitrogens with zero attached hydrogens (tertiary/aromatic N) is 2. The molecular weight excluding hydrogens is 689 g/mol. The molecule has 0 heterocycles. The molecule has 44 heavy (non-hydrogen) atoms. The number of carbonyl (C=O) groups excluding carboxylic acids is 2. The fraction of sp³-hybridized carbons (Fsp3) is 0.375. The van der Waals surface area contributed by atoms with Crippen molar-refractivity contribution in [2.24, 2.45) is 0 Å². The van der Waals surface area contributed by atoms with Crippen LogP contribution in [0.5, 0.6) is 5.75 Å². The number of amides is 2. The Labute approximate surface area is 277 Å². The quantitative estimate of drug-likeness (QED) is 0.213. The van der Waals surface area contributed by atoms with Gasteiger partial charge in [0.15, 0.2) is 0 Å². The number of nitrogens with one attached hydrogen (secondary N) is 1. The van der Waals surface area contributed by atoms with Crippen molar-refractivity contribution in [1.29, 1.82) is 0 Å². The third-order valence-corrected chi connectivity index (χ3v) is 10.7. The van der Waals surface area contributed by atoms with Crippen LogP contribution in [-0.2, 0) is 26.2 Å². The number of carbonyl (C=O) groups is 2. The minimum absolute atomic E-state index is 0.00572. The highest BCUT2D eigenvalue weighted by Gasteiger charge is 2.34. The Morgan fingerprint density at radius 3 is 2.18 bits per heavy atom. The predicted molar refractivity (Wildman–Crippen MR) is 178 cm³/mol. The molecule has 0 bridgehead atoms. The standard InChI is InChI=1S/C32H36BrCl2N3O5S/c1-3-43-26-16-14-25(15-17-26)38(44(41,42)27-18-12-23(33)13-19-27)21-31(39)37(20-28-29(34)10-7-11-30(28)35)22(2)32(40)36-24-8-5-4-6-9-24/h7,10-19,22,24H,3-6,8-9,20-21H2,1-2H3,(H,36,40). The van der Waals surface area contributed by atoms with Gasteiger partial charge in [0.2, 0.25) is 11.8 Å². The van der Waals surface area contributed by atoms with E-state index in [1.54, 1.807) is 61.5 Å². The molecule has 1 N–H and O–H groups in total. The number of hydrogen-bond acceptors (Lipinski definition) is 5. The van der Waals surface area contributed by atoms with E-state index in [0.29, 0.717) is 32.4 Å². The Morgan fingerprint density at radius 2 is 1.59 bits per heavy atom. The van der Waals surface area contributed by atoms with Crippen molar-refractivity contribution in [1.82, 2.24) is 10.2 Å². The Hall–Kier alpha value is -2.79. The molecule has 8 nitrogen and oxygen atoms in total. The summed E-state index contributed by atoms with van der Waals surface area (Å²) in [5, 5.41) is 3.75. The van der Waals surface area contributed by atoms with Gasteiger partial charge in [-0.15, -0.1) is 0 Å². The van der Waals surface area contributed by atoms with E-state index in [1.165, 1.54) is 17.0 Å². The molecule has 2 amide bonds. The molecule has 0 spiro atoms. The van der Waals surface area contributed by atoms with Crippen molar-refractivity contribution in [2.45, 2.75) is 69.5 Å². The van der Waals surface area contributed by atoms with Crippen molar-refractivity contribution < 1.29 is 22.7 Å². The van der Waals surface area contributed by atoms with Crippen LogP contribution in [0.1, 0.15) is 51.5 Å². The lowest BCUT2D eigenvalue weighted by atomic mass is 9.95. The zero-order chi connectivity index (χ0) is 31.9.